The SMILES string of the molecule is O=C(O)c1ccncc1NCCc1cc(F)cc(F)c1. The van der Waals surface area contributed by atoms with Crippen LogP contribution in [0.15, 0.2) is 36.7 Å². The number of halogens is 2. The van der Waals surface area contributed by atoms with Gasteiger partial charge in [0.2, 0.25) is 0 Å². The second kappa shape index (κ2) is 6.10. The Morgan fingerprint density at radius 1 is 1.25 bits per heavy atom. The number of aromatic nitrogens is 1. The second-order valence-electron chi connectivity index (χ2n) is 4.18. The Balaban J connectivity index is 2.01. The predicted molar refractivity (Wildman–Crippen MR) is 69.7 cm³/mol. The van der Waals surface area contributed by atoms with Gasteiger partial charge in [0.25, 0.3) is 0 Å². The summed E-state index contributed by atoms with van der Waals surface area (Å²) in [5.41, 5.74) is 0.970. The molecule has 4 nitrogen and oxygen atoms in total. The highest BCUT2D eigenvalue weighted by molar-refractivity contribution is 5.93. The summed E-state index contributed by atoms with van der Waals surface area (Å²) in [5.74, 6) is -2.33. The van der Waals surface area contributed by atoms with Crippen LogP contribution < -0.4 is 5.32 Å². The molecule has 0 unspecified atom stereocenters. The van der Waals surface area contributed by atoms with Gasteiger partial charge in [-0.1, -0.05) is 0 Å². The molecule has 2 N–H and O–H groups in total. The summed E-state index contributed by atoms with van der Waals surface area (Å²) in [4.78, 5) is 14.8. The largest absolute Gasteiger partial charge is 0.478 e. The number of pyridine rings is 1. The van der Waals surface area contributed by atoms with Gasteiger partial charge >= 0.3 is 5.97 Å². The van der Waals surface area contributed by atoms with Crippen LogP contribution in [0.4, 0.5) is 14.5 Å². The maximum Gasteiger partial charge on any atom is 0.337 e. The monoisotopic (exact) mass is 278 g/mol. The lowest BCUT2D eigenvalue weighted by atomic mass is 10.1. The molecule has 2 aromatic rings. The van der Waals surface area contributed by atoms with Crippen molar-refractivity contribution in [2.75, 3.05) is 11.9 Å². The molecule has 20 heavy (non-hydrogen) atoms. The number of carboxylic acid groups (broad SMARTS) is 1. The first-order valence-electron chi connectivity index (χ1n) is 5.92. The quantitative estimate of drug-likeness (QED) is 0.882. The Labute approximate surface area is 114 Å². The van der Waals surface area contributed by atoms with Gasteiger partial charge in [0, 0.05) is 18.8 Å². The van der Waals surface area contributed by atoms with Crippen molar-refractivity contribution in [3.8, 4) is 0 Å². The van der Waals surface area contributed by atoms with E-state index >= 15 is 0 Å². The van der Waals surface area contributed by atoms with Crippen molar-refractivity contribution in [1.82, 2.24) is 4.98 Å². The third kappa shape index (κ3) is 3.50. The molecule has 104 valence electrons. The van der Waals surface area contributed by atoms with Crippen molar-refractivity contribution in [3.63, 3.8) is 0 Å². The molecule has 0 saturated carbocycles. The fourth-order valence-electron chi connectivity index (χ4n) is 1.82. The van der Waals surface area contributed by atoms with Crippen LogP contribution in [0, 0.1) is 11.6 Å². The molecule has 0 aliphatic carbocycles. The van der Waals surface area contributed by atoms with Gasteiger partial charge in [0.15, 0.2) is 0 Å². The van der Waals surface area contributed by atoms with Gasteiger partial charge in [-0.3, -0.25) is 4.98 Å². The minimum Gasteiger partial charge on any atom is -0.478 e. The zero-order chi connectivity index (χ0) is 14.5. The minimum absolute atomic E-state index is 0.102. The number of hydrogen-bond donors (Lipinski definition) is 2. The Bertz CT molecular complexity index is 612. The number of rotatable bonds is 5. The fraction of sp³-hybridized carbons (Fsp3) is 0.143. The van der Waals surface area contributed by atoms with E-state index in [1.807, 2.05) is 0 Å². The van der Waals surface area contributed by atoms with Crippen LogP contribution in [0.2, 0.25) is 0 Å². The third-order valence-electron chi connectivity index (χ3n) is 2.70. The van der Waals surface area contributed by atoms with Crippen LogP contribution in [-0.2, 0) is 6.42 Å². The van der Waals surface area contributed by atoms with E-state index in [0.717, 1.165) is 6.07 Å². The Kier molecular flexibility index (Phi) is 4.24. The van der Waals surface area contributed by atoms with Gasteiger partial charge in [-0.25, -0.2) is 13.6 Å². The van der Waals surface area contributed by atoms with Crippen molar-refractivity contribution in [1.29, 1.82) is 0 Å². The van der Waals surface area contributed by atoms with Crippen molar-refractivity contribution in [3.05, 3.63) is 59.4 Å². The maximum atomic E-state index is 13.0. The third-order valence-corrected chi connectivity index (χ3v) is 2.70. The first-order chi connectivity index (χ1) is 9.56. The van der Waals surface area contributed by atoms with Crippen LogP contribution >= 0.6 is 0 Å². The standard InChI is InChI=1S/C14H12F2N2O2/c15-10-5-9(6-11(16)7-10)1-4-18-13-8-17-3-2-12(13)14(19)20/h2-3,5-8,18H,1,4H2,(H,19,20). The molecule has 1 heterocycles. The highest BCUT2D eigenvalue weighted by Gasteiger charge is 2.09. The van der Waals surface area contributed by atoms with Gasteiger partial charge < -0.3 is 10.4 Å². The summed E-state index contributed by atoms with van der Waals surface area (Å²) in [6, 6.07) is 4.67. The van der Waals surface area contributed by atoms with E-state index < -0.39 is 17.6 Å². The van der Waals surface area contributed by atoms with E-state index in [0.29, 0.717) is 24.2 Å². The van der Waals surface area contributed by atoms with Crippen molar-refractivity contribution >= 4 is 11.7 Å². The lowest BCUT2D eigenvalue weighted by molar-refractivity contribution is 0.0698. The number of nitrogens with zero attached hydrogens (tertiary/aromatic N) is 1. The number of hydrogen-bond acceptors (Lipinski definition) is 3. The maximum absolute atomic E-state index is 13.0. The number of benzene rings is 1. The fourth-order valence-corrected chi connectivity index (χ4v) is 1.82. The second-order valence-corrected chi connectivity index (χ2v) is 4.18. The molecule has 1 aromatic carbocycles. The normalized spacial score (nSPS) is 10.3. The van der Waals surface area contributed by atoms with Crippen LogP contribution in [0.3, 0.4) is 0 Å². The molecule has 0 aliphatic heterocycles. The van der Waals surface area contributed by atoms with Crippen molar-refractivity contribution < 1.29 is 18.7 Å². The van der Waals surface area contributed by atoms with E-state index in [-0.39, 0.29) is 5.56 Å². The average molecular weight is 278 g/mol. The molecule has 0 aliphatic rings. The molecular formula is C14H12F2N2O2. The Morgan fingerprint density at radius 2 is 1.95 bits per heavy atom. The van der Waals surface area contributed by atoms with Crippen LogP contribution in [-0.4, -0.2) is 22.6 Å². The van der Waals surface area contributed by atoms with Crippen molar-refractivity contribution in [2.24, 2.45) is 0 Å². The molecule has 0 fully saturated rings. The summed E-state index contributed by atoms with van der Waals surface area (Å²) in [5, 5.41) is 11.9. The predicted octanol–water partition coefficient (Wildman–Crippen LogP) is 2.71. The summed E-state index contributed by atoms with van der Waals surface area (Å²) >= 11 is 0. The molecule has 0 spiro atoms. The van der Waals surface area contributed by atoms with Gasteiger partial charge in [-0.15, -0.1) is 0 Å². The number of aromatic carboxylic acids is 1. The van der Waals surface area contributed by atoms with Gasteiger partial charge in [-0.05, 0) is 30.2 Å². The summed E-state index contributed by atoms with van der Waals surface area (Å²) in [6.07, 6.45) is 3.15. The summed E-state index contributed by atoms with van der Waals surface area (Å²) in [6.45, 7) is 0.342. The van der Waals surface area contributed by atoms with Gasteiger partial charge in [0.05, 0.1) is 17.4 Å². The van der Waals surface area contributed by atoms with Crippen LogP contribution in [0.5, 0.6) is 0 Å². The molecular weight excluding hydrogens is 266 g/mol. The average Bonchev–Trinajstić information content (AvgIpc) is 2.38. The van der Waals surface area contributed by atoms with Gasteiger partial charge in [-0.2, -0.15) is 0 Å². The summed E-state index contributed by atoms with van der Waals surface area (Å²) < 4.78 is 26.0. The lowest BCUT2D eigenvalue weighted by Crippen LogP contribution is -2.10. The smallest absolute Gasteiger partial charge is 0.337 e. The molecule has 0 saturated heterocycles. The summed E-state index contributed by atoms with van der Waals surface area (Å²) in [7, 11) is 0. The van der Waals surface area contributed by atoms with E-state index in [2.05, 4.69) is 10.3 Å². The zero-order valence-electron chi connectivity index (χ0n) is 10.4. The number of carbonyl (C=O) groups is 1. The van der Waals surface area contributed by atoms with E-state index in [9.17, 15) is 13.6 Å². The molecule has 0 radical (unpaired) electrons. The number of anilines is 1. The lowest BCUT2D eigenvalue weighted by Gasteiger charge is -2.09. The molecule has 0 amide bonds. The Morgan fingerprint density at radius 3 is 2.60 bits per heavy atom. The highest BCUT2D eigenvalue weighted by Crippen LogP contribution is 2.14. The topological polar surface area (TPSA) is 62.2 Å². The number of carboxylic acids is 1. The van der Waals surface area contributed by atoms with E-state index in [4.69, 9.17) is 5.11 Å². The minimum atomic E-state index is -1.06. The van der Waals surface area contributed by atoms with Gasteiger partial charge in [0.1, 0.15) is 11.6 Å². The highest BCUT2D eigenvalue weighted by atomic mass is 19.1. The number of nitrogens with one attached hydrogen (secondary N) is 1. The zero-order valence-corrected chi connectivity index (χ0v) is 10.4. The first kappa shape index (κ1) is 13.9. The molecule has 6 heteroatoms. The van der Waals surface area contributed by atoms with E-state index in [1.165, 1.54) is 30.6 Å². The molecule has 1 aromatic heterocycles. The Hall–Kier alpha value is -2.50. The van der Waals surface area contributed by atoms with Crippen LogP contribution in [0.25, 0.3) is 0 Å². The first-order valence-corrected chi connectivity index (χ1v) is 5.92. The van der Waals surface area contributed by atoms with Crippen LogP contribution in [0.1, 0.15) is 15.9 Å². The molecule has 0 bridgehead atoms. The van der Waals surface area contributed by atoms with E-state index in [1.54, 1.807) is 0 Å². The molecule has 2 rings (SSSR count). The molecule has 0 atom stereocenters. The van der Waals surface area contributed by atoms with Crippen molar-refractivity contribution in [2.45, 2.75) is 6.42 Å².